The van der Waals surface area contributed by atoms with Gasteiger partial charge in [0.1, 0.15) is 11.6 Å². The molecular weight excluding hydrogens is 399 g/mol. The van der Waals surface area contributed by atoms with Gasteiger partial charge in [-0.3, -0.25) is 10.1 Å². The molecule has 1 fully saturated rings. The van der Waals surface area contributed by atoms with Crippen molar-refractivity contribution in [2.75, 3.05) is 18.0 Å². The van der Waals surface area contributed by atoms with Gasteiger partial charge < -0.3 is 9.64 Å². The highest BCUT2D eigenvalue weighted by atomic mass is 19.1. The lowest BCUT2D eigenvalue weighted by molar-refractivity contribution is -0.384. The largest absolute Gasteiger partial charge is 0.373 e. The predicted octanol–water partition coefficient (Wildman–Crippen LogP) is 4.68. The van der Waals surface area contributed by atoms with Crippen LogP contribution in [0.4, 0.5) is 15.9 Å². The standard InChI is InChI=1S/C23H23FN4O3/c1-16-14-22(26-23(25-16)18-4-8-20(9-5-18)28(29)30)27-12-10-21(11-13-27)31-15-17-2-6-19(24)7-3-17/h2-9,14,21H,10-13,15H2,1H3. The number of aromatic nitrogens is 2. The quantitative estimate of drug-likeness (QED) is 0.424. The first-order valence-electron chi connectivity index (χ1n) is 10.2. The minimum atomic E-state index is -0.422. The molecule has 0 unspecified atom stereocenters. The summed E-state index contributed by atoms with van der Waals surface area (Å²) < 4.78 is 19.0. The summed E-state index contributed by atoms with van der Waals surface area (Å²) in [5.74, 6) is 1.16. The first-order valence-corrected chi connectivity index (χ1v) is 10.2. The number of rotatable bonds is 6. The van der Waals surface area contributed by atoms with Crippen molar-refractivity contribution < 1.29 is 14.1 Å². The zero-order chi connectivity index (χ0) is 21.8. The highest BCUT2D eigenvalue weighted by Crippen LogP contribution is 2.25. The van der Waals surface area contributed by atoms with E-state index < -0.39 is 4.92 Å². The number of benzene rings is 2. The van der Waals surface area contributed by atoms with Crippen LogP contribution in [0.25, 0.3) is 11.4 Å². The van der Waals surface area contributed by atoms with Crippen LogP contribution in [-0.2, 0) is 11.3 Å². The van der Waals surface area contributed by atoms with Crippen molar-refractivity contribution >= 4 is 11.5 Å². The molecule has 0 spiro atoms. The SMILES string of the molecule is Cc1cc(N2CCC(OCc3ccc(F)cc3)CC2)nc(-c2ccc([N+](=O)[O-])cc2)n1. The van der Waals surface area contributed by atoms with Crippen LogP contribution in [0.15, 0.2) is 54.6 Å². The monoisotopic (exact) mass is 422 g/mol. The lowest BCUT2D eigenvalue weighted by Gasteiger charge is -2.33. The van der Waals surface area contributed by atoms with Crippen molar-refractivity contribution in [2.45, 2.75) is 32.5 Å². The Balaban J connectivity index is 1.39. The van der Waals surface area contributed by atoms with Gasteiger partial charge >= 0.3 is 0 Å². The highest BCUT2D eigenvalue weighted by molar-refractivity contribution is 5.60. The lowest BCUT2D eigenvalue weighted by atomic mass is 10.1. The number of hydrogen-bond donors (Lipinski definition) is 0. The first kappa shape index (κ1) is 20.9. The van der Waals surface area contributed by atoms with Crippen molar-refractivity contribution in [3.63, 3.8) is 0 Å². The predicted molar refractivity (Wildman–Crippen MR) is 115 cm³/mol. The van der Waals surface area contributed by atoms with Gasteiger partial charge in [-0.25, -0.2) is 14.4 Å². The summed E-state index contributed by atoms with van der Waals surface area (Å²) in [6.45, 7) is 4.01. The molecule has 1 aliphatic heterocycles. The summed E-state index contributed by atoms with van der Waals surface area (Å²) in [4.78, 5) is 21.9. The van der Waals surface area contributed by atoms with Gasteiger partial charge in [-0.1, -0.05) is 12.1 Å². The molecule has 0 atom stereocenters. The van der Waals surface area contributed by atoms with Gasteiger partial charge in [0, 0.05) is 42.5 Å². The normalized spacial score (nSPS) is 14.6. The molecule has 1 aliphatic rings. The Hall–Kier alpha value is -3.39. The molecule has 31 heavy (non-hydrogen) atoms. The van der Waals surface area contributed by atoms with Gasteiger partial charge in [0.25, 0.3) is 5.69 Å². The second-order valence-electron chi connectivity index (χ2n) is 7.62. The van der Waals surface area contributed by atoms with E-state index in [1.807, 2.05) is 13.0 Å². The Morgan fingerprint density at radius 1 is 1.10 bits per heavy atom. The summed E-state index contributed by atoms with van der Waals surface area (Å²) in [5.41, 5.74) is 2.59. The molecule has 2 aromatic carbocycles. The van der Waals surface area contributed by atoms with E-state index in [4.69, 9.17) is 9.72 Å². The Kier molecular flexibility index (Phi) is 6.18. The Bertz CT molecular complexity index is 1050. The van der Waals surface area contributed by atoms with Gasteiger partial charge in [0.15, 0.2) is 5.82 Å². The average Bonchev–Trinajstić information content (AvgIpc) is 2.79. The number of nitro benzene ring substituents is 1. The van der Waals surface area contributed by atoms with Crippen molar-refractivity contribution in [1.82, 2.24) is 9.97 Å². The smallest absolute Gasteiger partial charge is 0.269 e. The molecule has 3 aromatic rings. The van der Waals surface area contributed by atoms with E-state index in [9.17, 15) is 14.5 Å². The maximum Gasteiger partial charge on any atom is 0.269 e. The number of non-ortho nitro benzene ring substituents is 1. The van der Waals surface area contributed by atoms with E-state index in [1.54, 1.807) is 24.3 Å². The van der Waals surface area contributed by atoms with Crippen LogP contribution in [0.2, 0.25) is 0 Å². The number of nitrogens with zero attached hydrogens (tertiary/aromatic N) is 4. The van der Waals surface area contributed by atoms with Crippen LogP contribution in [0.1, 0.15) is 24.1 Å². The van der Waals surface area contributed by atoms with Crippen LogP contribution >= 0.6 is 0 Å². The fourth-order valence-corrected chi connectivity index (χ4v) is 3.62. The molecule has 0 amide bonds. The summed E-state index contributed by atoms with van der Waals surface area (Å²) >= 11 is 0. The van der Waals surface area contributed by atoms with Gasteiger partial charge in [-0.15, -0.1) is 0 Å². The Morgan fingerprint density at radius 3 is 2.42 bits per heavy atom. The molecule has 2 heterocycles. The molecule has 0 radical (unpaired) electrons. The molecule has 160 valence electrons. The average molecular weight is 422 g/mol. The van der Waals surface area contributed by atoms with Crippen molar-refractivity contribution in [3.05, 3.63) is 81.8 Å². The summed E-state index contributed by atoms with van der Waals surface area (Å²) in [6, 6.07) is 14.6. The molecule has 7 nitrogen and oxygen atoms in total. The number of hydrogen-bond acceptors (Lipinski definition) is 6. The summed E-state index contributed by atoms with van der Waals surface area (Å²) in [5, 5.41) is 10.9. The van der Waals surface area contributed by atoms with Crippen LogP contribution < -0.4 is 4.90 Å². The van der Waals surface area contributed by atoms with Crippen LogP contribution in [0, 0.1) is 22.9 Å². The summed E-state index contributed by atoms with van der Waals surface area (Å²) in [7, 11) is 0. The second kappa shape index (κ2) is 9.18. The lowest BCUT2D eigenvalue weighted by Crippen LogP contribution is -2.37. The summed E-state index contributed by atoms with van der Waals surface area (Å²) in [6.07, 6.45) is 1.90. The molecule has 1 saturated heterocycles. The van der Waals surface area contributed by atoms with E-state index in [0.717, 1.165) is 48.6 Å². The van der Waals surface area contributed by atoms with E-state index in [1.165, 1.54) is 24.3 Å². The fourth-order valence-electron chi connectivity index (χ4n) is 3.62. The molecule has 0 aliphatic carbocycles. The third-order valence-electron chi connectivity index (χ3n) is 5.34. The van der Waals surface area contributed by atoms with Crippen molar-refractivity contribution in [2.24, 2.45) is 0 Å². The zero-order valence-corrected chi connectivity index (χ0v) is 17.2. The van der Waals surface area contributed by atoms with E-state index in [0.29, 0.717) is 12.4 Å². The molecule has 0 N–H and O–H groups in total. The molecular formula is C23H23FN4O3. The minimum absolute atomic E-state index is 0.0411. The number of aryl methyl sites for hydroxylation is 1. The Morgan fingerprint density at radius 2 is 1.77 bits per heavy atom. The number of ether oxygens (including phenoxy) is 1. The molecule has 4 rings (SSSR count). The molecule has 8 heteroatoms. The van der Waals surface area contributed by atoms with Gasteiger partial charge in [0.05, 0.1) is 17.6 Å². The highest BCUT2D eigenvalue weighted by Gasteiger charge is 2.22. The van der Waals surface area contributed by atoms with Gasteiger partial charge in [0.2, 0.25) is 0 Å². The van der Waals surface area contributed by atoms with Crippen molar-refractivity contribution in [3.8, 4) is 11.4 Å². The third kappa shape index (κ3) is 5.21. The molecule has 1 aromatic heterocycles. The number of nitro groups is 1. The van der Waals surface area contributed by atoms with E-state index in [-0.39, 0.29) is 17.6 Å². The minimum Gasteiger partial charge on any atom is -0.373 e. The van der Waals surface area contributed by atoms with Gasteiger partial charge in [-0.05, 0) is 49.6 Å². The maximum absolute atomic E-state index is 13.0. The number of anilines is 1. The van der Waals surface area contributed by atoms with E-state index >= 15 is 0 Å². The first-order chi connectivity index (χ1) is 15.0. The third-order valence-corrected chi connectivity index (χ3v) is 5.34. The number of piperidine rings is 1. The van der Waals surface area contributed by atoms with Crippen LogP contribution in [0.5, 0.6) is 0 Å². The van der Waals surface area contributed by atoms with E-state index in [2.05, 4.69) is 9.88 Å². The molecule has 0 saturated carbocycles. The fraction of sp³-hybridized carbons (Fsp3) is 0.304. The Labute approximate surface area is 179 Å². The van der Waals surface area contributed by atoms with Crippen LogP contribution in [-0.4, -0.2) is 34.1 Å². The zero-order valence-electron chi connectivity index (χ0n) is 17.2. The number of halogens is 1. The van der Waals surface area contributed by atoms with Gasteiger partial charge in [-0.2, -0.15) is 0 Å². The van der Waals surface area contributed by atoms with Crippen molar-refractivity contribution in [1.29, 1.82) is 0 Å². The van der Waals surface area contributed by atoms with Crippen LogP contribution in [0.3, 0.4) is 0 Å². The second-order valence-corrected chi connectivity index (χ2v) is 7.62. The maximum atomic E-state index is 13.0. The topological polar surface area (TPSA) is 81.4 Å². The molecule has 0 bridgehead atoms.